The van der Waals surface area contributed by atoms with Gasteiger partial charge < -0.3 is 9.16 Å². The molecule has 1 aliphatic rings. The minimum Gasteiger partial charge on any atom is -0.469 e. The number of hydrogen-bond acceptors (Lipinski definition) is 4. The van der Waals surface area contributed by atoms with E-state index in [2.05, 4.69) is 6.07 Å². The number of benzene rings is 1. The fourth-order valence-corrected chi connectivity index (χ4v) is 4.06. The number of rotatable bonds is 3. The summed E-state index contributed by atoms with van der Waals surface area (Å²) in [6.07, 6.45) is 0.333. The highest BCUT2D eigenvalue weighted by molar-refractivity contribution is 6.69. The van der Waals surface area contributed by atoms with E-state index in [1.54, 1.807) is 0 Å². The molecule has 0 N–H and O–H groups in total. The van der Waals surface area contributed by atoms with Crippen LogP contribution in [0.4, 0.5) is 0 Å². The zero-order valence-electron chi connectivity index (χ0n) is 12.3. The molecule has 0 radical (unpaired) electrons. The predicted octanol–water partition coefficient (Wildman–Crippen LogP) is 2.92. The molecule has 0 bridgehead atoms. The Hall–Kier alpha value is -1.64. The van der Waals surface area contributed by atoms with Crippen molar-refractivity contribution in [2.24, 2.45) is 0 Å². The number of carbonyl (C=O) groups is 1. The fourth-order valence-electron chi connectivity index (χ4n) is 2.78. The Kier molecular flexibility index (Phi) is 3.72. The average Bonchev–Trinajstić information content (AvgIpc) is 2.72. The third kappa shape index (κ3) is 2.49. The molecule has 0 saturated heterocycles. The Morgan fingerprint density at radius 3 is 2.60 bits per heavy atom. The largest absolute Gasteiger partial charge is 0.469 e. The molecule has 0 spiro atoms. The zero-order chi connectivity index (χ0) is 15.0. The quantitative estimate of drug-likeness (QED) is 0.634. The van der Waals surface area contributed by atoms with E-state index in [9.17, 15) is 10.1 Å². The Labute approximate surface area is 120 Å². The first-order valence-electron chi connectivity index (χ1n) is 6.61. The van der Waals surface area contributed by atoms with Crippen molar-refractivity contribution >= 4 is 14.3 Å². The maximum atomic E-state index is 12.0. The first kappa shape index (κ1) is 14.8. The van der Waals surface area contributed by atoms with Gasteiger partial charge in [0, 0.05) is 12.0 Å². The molecular weight excluding hydrogens is 270 g/mol. The highest BCUT2D eigenvalue weighted by Crippen LogP contribution is 2.48. The lowest BCUT2D eigenvalue weighted by Crippen LogP contribution is -2.38. The van der Waals surface area contributed by atoms with Gasteiger partial charge in [-0.05, 0) is 25.2 Å². The van der Waals surface area contributed by atoms with E-state index in [0.29, 0.717) is 6.42 Å². The van der Waals surface area contributed by atoms with Crippen LogP contribution in [0.3, 0.4) is 0 Å². The van der Waals surface area contributed by atoms with Crippen molar-refractivity contribution < 1.29 is 14.0 Å². The molecule has 0 amide bonds. The molecular formula is C15H19NO3Si. The Bertz CT molecular complexity index is 573. The van der Waals surface area contributed by atoms with Gasteiger partial charge in [0.25, 0.3) is 0 Å². The lowest BCUT2D eigenvalue weighted by molar-refractivity contribution is -0.143. The lowest BCUT2D eigenvalue weighted by atomic mass is 9.98. The summed E-state index contributed by atoms with van der Waals surface area (Å²) in [4.78, 5) is 12.0. The molecule has 1 aromatic carbocycles. The van der Waals surface area contributed by atoms with Gasteiger partial charge in [-0.2, -0.15) is 5.26 Å². The SMILES string of the molecule is COC(=O)C1CC(C#N)(O[Si](C)(C)C)c2ccccc21. The molecule has 0 saturated carbocycles. The molecule has 2 unspecified atom stereocenters. The molecule has 2 rings (SSSR count). The summed E-state index contributed by atoms with van der Waals surface area (Å²) in [5.41, 5.74) is 0.624. The number of hydrogen-bond donors (Lipinski definition) is 0. The second kappa shape index (κ2) is 5.04. The Morgan fingerprint density at radius 2 is 2.05 bits per heavy atom. The third-order valence-electron chi connectivity index (χ3n) is 3.41. The van der Waals surface area contributed by atoms with E-state index in [1.807, 2.05) is 43.9 Å². The molecule has 0 aromatic heterocycles. The number of methoxy groups -OCH3 is 1. The molecule has 2 atom stereocenters. The second-order valence-corrected chi connectivity index (χ2v) is 10.4. The number of esters is 1. The van der Waals surface area contributed by atoms with Gasteiger partial charge in [-0.3, -0.25) is 4.79 Å². The maximum Gasteiger partial charge on any atom is 0.313 e. The number of nitrogens with zero attached hydrogens (tertiary/aromatic N) is 1. The van der Waals surface area contributed by atoms with E-state index in [1.165, 1.54) is 7.11 Å². The predicted molar refractivity (Wildman–Crippen MR) is 77.5 cm³/mol. The van der Waals surface area contributed by atoms with Gasteiger partial charge in [-0.15, -0.1) is 0 Å². The molecule has 1 aliphatic carbocycles. The Balaban J connectivity index is 2.52. The summed E-state index contributed by atoms with van der Waals surface area (Å²) in [6, 6.07) is 9.80. The smallest absolute Gasteiger partial charge is 0.313 e. The van der Waals surface area contributed by atoms with Gasteiger partial charge in [0.1, 0.15) is 6.07 Å². The molecule has 0 fully saturated rings. The summed E-state index contributed by atoms with van der Waals surface area (Å²) in [5.74, 6) is -0.735. The third-order valence-corrected chi connectivity index (χ3v) is 4.37. The topological polar surface area (TPSA) is 59.3 Å². The van der Waals surface area contributed by atoms with E-state index >= 15 is 0 Å². The monoisotopic (exact) mass is 289 g/mol. The maximum absolute atomic E-state index is 12.0. The van der Waals surface area contributed by atoms with Crippen molar-refractivity contribution in [3.8, 4) is 6.07 Å². The van der Waals surface area contributed by atoms with Crippen molar-refractivity contribution in [1.29, 1.82) is 5.26 Å². The molecule has 1 aromatic rings. The molecule has 0 heterocycles. The zero-order valence-corrected chi connectivity index (χ0v) is 13.3. The van der Waals surface area contributed by atoms with Crippen LogP contribution in [0.25, 0.3) is 0 Å². The summed E-state index contributed by atoms with van der Waals surface area (Å²) in [7, 11) is -0.561. The average molecular weight is 289 g/mol. The van der Waals surface area contributed by atoms with Gasteiger partial charge in [0.15, 0.2) is 13.9 Å². The highest BCUT2D eigenvalue weighted by atomic mass is 28.4. The lowest BCUT2D eigenvalue weighted by Gasteiger charge is -2.31. The van der Waals surface area contributed by atoms with Crippen molar-refractivity contribution in [2.45, 2.75) is 37.6 Å². The van der Waals surface area contributed by atoms with Crippen LogP contribution in [0.5, 0.6) is 0 Å². The van der Waals surface area contributed by atoms with E-state index in [4.69, 9.17) is 9.16 Å². The van der Waals surface area contributed by atoms with Crippen molar-refractivity contribution in [3.05, 3.63) is 35.4 Å². The van der Waals surface area contributed by atoms with Crippen LogP contribution in [-0.2, 0) is 19.6 Å². The molecule has 106 valence electrons. The normalized spacial score (nSPS) is 24.9. The van der Waals surface area contributed by atoms with Gasteiger partial charge in [0.2, 0.25) is 0 Å². The van der Waals surface area contributed by atoms with Gasteiger partial charge in [-0.25, -0.2) is 0 Å². The minimum atomic E-state index is -1.93. The molecule has 5 heteroatoms. The number of carbonyl (C=O) groups excluding carboxylic acids is 1. The summed E-state index contributed by atoms with van der Waals surface area (Å²) in [5, 5.41) is 9.69. The van der Waals surface area contributed by atoms with E-state index in [-0.39, 0.29) is 5.97 Å². The summed E-state index contributed by atoms with van der Waals surface area (Å²) < 4.78 is 11.0. The molecule has 4 nitrogen and oxygen atoms in total. The van der Waals surface area contributed by atoms with Crippen molar-refractivity contribution in [1.82, 2.24) is 0 Å². The highest BCUT2D eigenvalue weighted by Gasteiger charge is 2.50. The van der Waals surface area contributed by atoms with Crippen LogP contribution in [0.15, 0.2) is 24.3 Å². The van der Waals surface area contributed by atoms with Crippen LogP contribution >= 0.6 is 0 Å². The first-order valence-corrected chi connectivity index (χ1v) is 10.0. The van der Waals surface area contributed by atoms with Gasteiger partial charge in [0.05, 0.1) is 13.0 Å². The van der Waals surface area contributed by atoms with E-state index in [0.717, 1.165) is 11.1 Å². The van der Waals surface area contributed by atoms with Gasteiger partial charge >= 0.3 is 5.97 Å². The van der Waals surface area contributed by atoms with Crippen molar-refractivity contribution in [3.63, 3.8) is 0 Å². The van der Waals surface area contributed by atoms with Crippen molar-refractivity contribution in [2.75, 3.05) is 7.11 Å². The van der Waals surface area contributed by atoms with Crippen LogP contribution in [-0.4, -0.2) is 21.4 Å². The molecule has 0 aliphatic heterocycles. The summed E-state index contributed by atoms with van der Waals surface area (Å²) in [6.45, 7) is 6.13. The van der Waals surface area contributed by atoms with Crippen LogP contribution in [0.2, 0.25) is 19.6 Å². The standard InChI is InChI=1S/C15H19NO3Si/c1-18-14(17)12-9-15(10-16,19-20(2,3)4)13-8-6-5-7-11(12)13/h5-8,12H,9H2,1-4H3. The van der Waals surface area contributed by atoms with Crippen LogP contribution < -0.4 is 0 Å². The Morgan fingerprint density at radius 1 is 1.40 bits per heavy atom. The fraction of sp³-hybridized carbons (Fsp3) is 0.467. The number of nitriles is 1. The van der Waals surface area contributed by atoms with Crippen LogP contribution in [0, 0.1) is 11.3 Å². The minimum absolute atomic E-state index is 0.311. The van der Waals surface area contributed by atoms with E-state index < -0.39 is 19.8 Å². The number of fused-ring (bicyclic) bond motifs is 1. The molecule has 20 heavy (non-hydrogen) atoms. The summed E-state index contributed by atoms with van der Waals surface area (Å²) >= 11 is 0. The first-order chi connectivity index (χ1) is 9.33. The number of ether oxygens (including phenoxy) is 1. The second-order valence-electron chi connectivity index (χ2n) is 6.02. The van der Waals surface area contributed by atoms with Crippen LogP contribution in [0.1, 0.15) is 23.5 Å². The van der Waals surface area contributed by atoms with Gasteiger partial charge in [-0.1, -0.05) is 24.3 Å².